The standard InChI is InChI=1S/C20H18N2O3S/c23-18(13-5-6-13)21-14-7-9-15(10-8-14)26-12-11-22-19(24)16-3-1-2-4-17(16)20(22)25/h1-4,7-10,13H,5-6,11-12H2,(H,21,23). The summed E-state index contributed by atoms with van der Waals surface area (Å²) in [4.78, 5) is 38.7. The lowest BCUT2D eigenvalue weighted by molar-refractivity contribution is -0.117. The highest BCUT2D eigenvalue weighted by molar-refractivity contribution is 7.99. The number of rotatable bonds is 6. The number of carbonyl (C=O) groups is 3. The van der Waals surface area contributed by atoms with Crippen LogP contribution in [0.1, 0.15) is 33.6 Å². The molecule has 1 fully saturated rings. The highest BCUT2D eigenvalue weighted by atomic mass is 32.2. The van der Waals surface area contributed by atoms with E-state index in [9.17, 15) is 14.4 Å². The average molecular weight is 366 g/mol. The Kier molecular flexibility index (Phi) is 4.51. The molecule has 2 aromatic carbocycles. The molecule has 0 saturated heterocycles. The van der Waals surface area contributed by atoms with Gasteiger partial charge >= 0.3 is 0 Å². The summed E-state index contributed by atoms with van der Waals surface area (Å²) in [6.07, 6.45) is 1.97. The lowest BCUT2D eigenvalue weighted by Crippen LogP contribution is -2.31. The fraction of sp³-hybridized carbons (Fsp3) is 0.250. The van der Waals surface area contributed by atoms with Gasteiger partial charge in [0.15, 0.2) is 0 Å². The Hall–Kier alpha value is -2.60. The third-order valence-electron chi connectivity index (χ3n) is 4.53. The van der Waals surface area contributed by atoms with Gasteiger partial charge in [0.25, 0.3) is 11.8 Å². The molecule has 4 rings (SSSR count). The van der Waals surface area contributed by atoms with Crippen molar-refractivity contribution in [2.24, 2.45) is 5.92 Å². The molecule has 0 atom stereocenters. The molecule has 1 aliphatic carbocycles. The minimum Gasteiger partial charge on any atom is -0.326 e. The van der Waals surface area contributed by atoms with Gasteiger partial charge in [-0.3, -0.25) is 19.3 Å². The van der Waals surface area contributed by atoms with Crippen LogP contribution in [0, 0.1) is 5.92 Å². The van der Waals surface area contributed by atoms with Crippen molar-refractivity contribution in [3.8, 4) is 0 Å². The average Bonchev–Trinajstić information content (AvgIpc) is 3.48. The molecule has 1 saturated carbocycles. The minimum atomic E-state index is -0.218. The van der Waals surface area contributed by atoms with E-state index in [1.165, 1.54) is 4.90 Å². The molecule has 0 aromatic heterocycles. The van der Waals surface area contributed by atoms with E-state index in [2.05, 4.69) is 5.32 Å². The predicted molar refractivity (Wildman–Crippen MR) is 100 cm³/mol. The maximum absolute atomic E-state index is 12.3. The Bertz CT molecular complexity index is 840. The van der Waals surface area contributed by atoms with Crippen molar-refractivity contribution in [2.45, 2.75) is 17.7 Å². The minimum absolute atomic E-state index is 0.0935. The Balaban J connectivity index is 1.30. The molecule has 1 heterocycles. The van der Waals surface area contributed by atoms with Crippen molar-refractivity contribution < 1.29 is 14.4 Å². The zero-order valence-electron chi connectivity index (χ0n) is 14.1. The lowest BCUT2D eigenvalue weighted by atomic mass is 10.1. The number of benzene rings is 2. The van der Waals surface area contributed by atoms with Gasteiger partial charge in [-0.1, -0.05) is 12.1 Å². The van der Waals surface area contributed by atoms with Gasteiger partial charge in [0.1, 0.15) is 0 Å². The molecule has 0 radical (unpaired) electrons. The van der Waals surface area contributed by atoms with E-state index in [-0.39, 0.29) is 23.6 Å². The van der Waals surface area contributed by atoms with Gasteiger partial charge in [-0.05, 0) is 49.2 Å². The molecule has 6 heteroatoms. The molecule has 0 spiro atoms. The molecule has 2 aliphatic rings. The molecule has 0 bridgehead atoms. The predicted octanol–water partition coefficient (Wildman–Crippen LogP) is 3.42. The zero-order valence-corrected chi connectivity index (χ0v) is 14.9. The molecule has 1 aliphatic heterocycles. The van der Waals surface area contributed by atoms with E-state index in [0.29, 0.717) is 23.4 Å². The second kappa shape index (κ2) is 6.96. The van der Waals surface area contributed by atoms with Crippen molar-refractivity contribution in [3.05, 3.63) is 59.7 Å². The number of imide groups is 1. The SMILES string of the molecule is O=C(Nc1ccc(SCCN2C(=O)c3ccccc3C2=O)cc1)C1CC1. The summed E-state index contributed by atoms with van der Waals surface area (Å²) in [6, 6.07) is 14.6. The van der Waals surface area contributed by atoms with Gasteiger partial charge in [0.2, 0.25) is 5.91 Å². The van der Waals surface area contributed by atoms with Crippen LogP contribution in [-0.2, 0) is 4.79 Å². The van der Waals surface area contributed by atoms with E-state index < -0.39 is 0 Å². The van der Waals surface area contributed by atoms with Crippen LogP contribution in [0.5, 0.6) is 0 Å². The number of amides is 3. The molecule has 3 amide bonds. The highest BCUT2D eigenvalue weighted by Gasteiger charge is 2.34. The molecule has 5 nitrogen and oxygen atoms in total. The maximum atomic E-state index is 12.3. The molecule has 0 unspecified atom stereocenters. The molecule has 1 N–H and O–H groups in total. The van der Waals surface area contributed by atoms with E-state index in [1.54, 1.807) is 36.0 Å². The zero-order chi connectivity index (χ0) is 18.1. The number of carbonyl (C=O) groups excluding carboxylic acids is 3. The second-order valence-corrected chi connectivity index (χ2v) is 7.61. The molecule has 2 aromatic rings. The van der Waals surface area contributed by atoms with Crippen LogP contribution >= 0.6 is 11.8 Å². The van der Waals surface area contributed by atoms with Gasteiger partial charge in [-0.15, -0.1) is 11.8 Å². The number of thioether (sulfide) groups is 1. The van der Waals surface area contributed by atoms with Crippen molar-refractivity contribution in [3.63, 3.8) is 0 Å². The lowest BCUT2D eigenvalue weighted by Gasteiger charge is -2.13. The first kappa shape index (κ1) is 16.8. The number of fused-ring (bicyclic) bond motifs is 1. The molecule has 132 valence electrons. The van der Waals surface area contributed by atoms with E-state index in [1.807, 2.05) is 24.3 Å². The van der Waals surface area contributed by atoms with E-state index in [0.717, 1.165) is 23.4 Å². The summed E-state index contributed by atoms with van der Waals surface area (Å²) in [5, 5.41) is 2.91. The summed E-state index contributed by atoms with van der Waals surface area (Å²) in [5.74, 6) is 0.465. The molecular formula is C20H18N2O3S. The summed E-state index contributed by atoms with van der Waals surface area (Å²) in [7, 11) is 0. The smallest absolute Gasteiger partial charge is 0.261 e. The fourth-order valence-corrected chi connectivity index (χ4v) is 3.76. The quantitative estimate of drug-likeness (QED) is 0.628. The molecular weight excluding hydrogens is 348 g/mol. The second-order valence-electron chi connectivity index (χ2n) is 6.44. The number of hydrogen-bond acceptors (Lipinski definition) is 4. The van der Waals surface area contributed by atoms with Gasteiger partial charge in [-0.25, -0.2) is 0 Å². The first-order chi connectivity index (χ1) is 12.6. The van der Waals surface area contributed by atoms with Crippen LogP contribution in [0.2, 0.25) is 0 Å². The summed E-state index contributed by atoms with van der Waals surface area (Å²) < 4.78 is 0. The van der Waals surface area contributed by atoms with E-state index >= 15 is 0 Å². The van der Waals surface area contributed by atoms with Gasteiger partial charge in [0, 0.05) is 28.8 Å². The number of hydrogen-bond donors (Lipinski definition) is 1. The highest BCUT2D eigenvalue weighted by Crippen LogP contribution is 2.30. The third kappa shape index (κ3) is 3.37. The first-order valence-electron chi connectivity index (χ1n) is 8.62. The number of nitrogens with one attached hydrogen (secondary N) is 1. The van der Waals surface area contributed by atoms with Crippen LogP contribution in [0.3, 0.4) is 0 Å². The number of anilines is 1. The van der Waals surface area contributed by atoms with Crippen LogP contribution in [0.25, 0.3) is 0 Å². The Morgan fingerprint density at radius 2 is 1.62 bits per heavy atom. The normalized spacial score (nSPS) is 15.9. The first-order valence-corrected chi connectivity index (χ1v) is 9.61. The Labute approximate surface area is 155 Å². The van der Waals surface area contributed by atoms with Crippen LogP contribution in [0.4, 0.5) is 5.69 Å². The van der Waals surface area contributed by atoms with Crippen molar-refractivity contribution >= 4 is 35.2 Å². The monoisotopic (exact) mass is 366 g/mol. The third-order valence-corrected chi connectivity index (χ3v) is 5.52. The molecule has 26 heavy (non-hydrogen) atoms. The summed E-state index contributed by atoms with van der Waals surface area (Å²) >= 11 is 1.58. The largest absolute Gasteiger partial charge is 0.326 e. The Morgan fingerprint density at radius 3 is 2.19 bits per heavy atom. The summed E-state index contributed by atoms with van der Waals surface area (Å²) in [5.41, 5.74) is 1.77. The fourth-order valence-electron chi connectivity index (χ4n) is 2.92. The van der Waals surface area contributed by atoms with Crippen LogP contribution < -0.4 is 5.32 Å². The van der Waals surface area contributed by atoms with Crippen LogP contribution in [0.15, 0.2) is 53.4 Å². The maximum Gasteiger partial charge on any atom is 0.261 e. The Morgan fingerprint density at radius 1 is 1.00 bits per heavy atom. The van der Waals surface area contributed by atoms with Gasteiger partial charge in [-0.2, -0.15) is 0 Å². The van der Waals surface area contributed by atoms with Crippen molar-refractivity contribution in [1.82, 2.24) is 4.90 Å². The topological polar surface area (TPSA) is 66.5 Å². The van der Waals surface area contributed by atoms with Crippen molar-refractivity contribution in [2.75, 3.05) is 17.6 Å². The van der Waals surface area contributed by atoms with Crippen LogP contribution in [-0.4, -0.2) is 34.9 Å². The number of nitrogens with zero attached hydrogens (tertiary/aromatic N) is 1. The summed E-state index contributed by atoms with van der Waals surface area (Å²) in [6.45, 7) is 0.372. The van der Waals surface area contributed by atoms with Gasteiger partial charge < -0.3 is 5.32 Å². The van der Waals surface area contributed by atoms with E-state index in [4.69, 9.17) is 0 Å². The van der Waals surface area contributed by atoms with Crippen molar-refractivity contribution in [1.29, 1.82) is 0 Å². The van der Waals surface area contributed by atoms with Gasteiger partial charge in [0.05, 0.1) is 11.1 Å².